The molecule has 1 N–H and O–H groups in total. The van der Waals surface area contributed by atoms with Crippen LogP contribution in [0.1, 0.15) is 5.56 Å². The Morgan fingerprint density at radius 2 is 1.87 bits per heavy atom. The van der Waals surface area contributed by atoms with E-state index in [1.54, 1.807) is 27.7 Å². The molecule has 9 heteroatoms. The number of aliphatic hydroxyl groups is 1. The van der Waals surface area contributed by atoms with Crippen LogP contribution in [0.4, 0.5) is 0 Å². The molecule has 0 amide bonds. The third kappa shape index (κ3) is 5.65. The van der Waals surface area contributed by atoms with Crippen molar-refractivity contribution in [2.45, 2.75) is 17.9 Å². The van der Waals surface area contributed by atoms with E-state index in [-0.39, 0.29) is 6.61 Å². The van der Waals surface area contributed by atoms with Gasteiger partial charge in [-0.1, -0.05) is 23.9 Å². The molecule has 0 aliphatic rings. The van der Waals surface area contributed by atoms with E-state index >= 15 is 0 Å². The van der Waals surface area contributed by atoms with E-state index in [1.807, 2.05) is 47.0 Å². The summed E-state index contributed by atoms with van der Waals surface area (Å²) in [5, 5.41) is 19.1. The smallest absolute Gasteiger partial charge is 0.195 e. The van der Waals surface area contributed by atoms with Crippen LogP contribution in [0, 0.1) is 0 Å². The molecule has 0 saturated heterocycles. The second kappa shape index (κ2) is 10.9. The molecule has 8 nitrogen and oxygen atoms in total. The van der Waals surface area contributed by atoms with Crippen LogP contribution in [-0.4, -0.2) is 59.7 Å². The van der Waals surface area contributed by atoms with Crippen molar-refractivity contribution in [1.82, 2.24) is 14.8 Å². The Morgan fingerprint density at radius 1 is 1.03 bits per heavy atom. The number of aromatic nitrogens is 3. The van der Waals surface area contributed by atoms with E-state index in [0.717, 1.165) is 17.0 Å². The van der Waals surface area contributed by atoms with Crippen molar-refractivity contribution in [2.75, 3.05) is 33.7 Å². The van der Waals surface area contributed by atoms with E-state index in [0.29, 0.717) is 29.0 Å². The van der Waals surface area contributed by atoms with Gasteiger partial charge in [-0.2, -0.15) is 0 Å². The lowest BCUT2D eigenvalue weighted by molar-refractivity contribution is 0.0397. The van der Waals surface area contributed by atoms with Crippen molar-refractivity contribution in [3.05, 3.63) is 54.4 Å². The highest BCUT2D eigenvalue weighted by Gasteiger charge is 2.12. The largest absolute Gasteiger partial charge is 0.497 e. The summed E-state index contributed by atoms with van der Waals surface area (Å²) in [6.45, 7) is 0.566. The van der Waals surface area contributed by atoms with Crippen molar-refractivity contribution in [3.63, 3.8) is 0 Å². The first-order valence-corrected chi connectivity index (χ1v) is 10.3. The van der Waals surface area contributed by atoms with E-state index in [4.69, 9.17) is 18.9 Å². The lowest BCUT2D eigenvalue weighted by Crippen LogP contribution is -2.18. The molecular formula is C21H25N3O5S. The fourth-order valence-electron chi connectivity index (χ4n) is 2.76. The van der Waals surface area contributed by atoms with Crippen molar-refractivity contribution >= 4 is 11.8 Å². The minimum atomic E-state index is -0.648. The summed E-state index contributed by atoms with van der Waals surface area (Å²) < 4.78 is 23.3. The molecule has 2 aromatic carbocycles. The van der Waals surface area contributed by atoms with Gasteiger partial charge in [0.1, 0.15) is 12.1 Å². The molecule has 30 heavy (non-hydrogen) atoms. The number of thioether (sulfide) groups is 1. The zero-order valence-electron chi connectivity index (χ0n) is 17.1. The lowest BCUT2D eigenvalue weighted by Gasteiger charge is -2.13. The normalized spacial score (nSPS) is 11.9. The van der Waals surface area contributed by atoms with Gasteiger partial charge in [0.15, 0.2) is 16.7 Å². The fraction of sp³-hybridized carbons (Fsp3) is 0.333. The maximum atomic E-state index is 10.3. The number of methoxy groups -OCH3 is 3. The van der Waals surface area contributed by atoms with Gasteiger partial charge in [0.05, 0.1) is 46.3 Å². The summed E-state index contributed by atoms with van der Waals surface area (Å²) in [6.07, 6.45) is 0.988. The molecule has 0 aliphatic carbocycles. The molecule has 0 aliphatic heterocycles. The minimum absolute atomic E-state index is 0.203. The van der Waals surface area contributed by atoms with Gasteiger partial charge in [-0.25, -0.2) is 0 Å². The molecule has 1 aromatic heterocycles. The first-order chi connectivity index (χ1) is 14.6. The zero-order valence-corrected chi connectivity index (χ0v) is 18.0. The highest BCUT2D eigenvalue weighted by atomic mass is 32.2. The summed E-state index contributed by atoms with van der Waals surface area (Å²) in [5.41, 5.74) is 1.83. The second-order valence-electron chi connectivity index (χ2n) is 6.35. The van der Waals surface area contributed by atoms with Crippen LogP contribution < -0.4 is 14.2 Å². The highest BCUT2D eigenvalue weighted by molar-refractivity contribution is 7.99. The van der Waals surface area contributed by atoms with Crippen LogP contribution >= 0.6 is 11.8 Å². The first kappa shape index (κ1) is 21.9. The molecule has 1 atom stereocenters. The Labute approximate surface area is 179 Å². The predicted octanol–water partition coefficient (Wildman–Crippen LogP) is 2.96. The summed E-state index contributed by atoms with van der Waals surface area (Å²) in [7, 11) is 4.81. The predicted molar refractivity (Wildman–Crippen MR) is 114 cm³/mol. The molecule has 0 fully saturated rings. The molecule has 0 radical (unpaired) electrons. The Hall–Kier alpha value is -2.75. The quantitative estimate of drug-likeness (QED) is 0.464. The van der Waals surface area contributed by atoms with Crippen molar-refractivity contribution in [2.24, 2.45) is 0 Å². The second-order valence-corrected chi connectivity index (χ2v) is 7.34. The number of hydrogen-bond acceptors (Lipinski definition) is 8. The number of nitrogens with zero attached hydrogens (tertiary/aromatic N) is 3. The minimum Gasteiger partial charge on any atom is -0.497 e. The maximum absolute atomic E-state index is 10.3. The zero-order chi connectivity index (χ0) is 21.3. The Balaban J connectivity index is 1.50. The number of rotatable bonds is 11. The molecule has 0 saturated carbocycles. The number of hydrogen-bond donors (Lipinski definition) is 1. The van der Waals surface area contributed by atoms with Gasteiger partial charge in [0.25, 0.3) is 0 Å². The topological polar surface area (TPSA) is 87.9 Å². The van der Waals surface area contributed by atoms with Crippen LogP contribution in [0.5, 0.6) is 17.2 Å². The maximum Gasteiger partial charge on any atom is 0.195 e. The standard InChI is InChI=1S/C21H25N3O5S/c1-26-18-6-4-5-16(10-18)24-14-22-23-21(24)30-13-17(25)12-29-11-15-7-8-19(27-2)20(9-15)28-3/h4-10,14,17,25H,11-13H2,1-3H3. The van der Waals surface area contributed by atoms with E-state index in [2.05, 4.69) is 10.2 Å². The van der Waals surface area contributed by atoms with Crippen molar-refractivity contribution in [3.8, 4) is 22.9 Å². The van der Waals surface area contributed by atoms with E-state index in [9.17, 15) is 5.11 Å². The number of benzene rings is 2. The van der Waals surface area contributed by atoms with Crippen LogP contribution in [0.25, 0.3) is 5.69 Å². The van der Waals surface area contributed by atoms with Crippen LogP contribution in [0.2, 0.25) is 0 Å². The SMILES string of the molecule is COc1cccc(-n2cnnc2SCC(O)COCc2ccc(OC)c(OC)c2)c1. The highest BCUT2D eigenvalue weighted by Crippen LogP contribution is 2.28. The van der Waals surface area contributed by atoms with Gasteiger partial charge in [-0.05, 0) is 29.8 Å². The van der Waals surface area contributed by atoms with Gasteiger partial charge >= 0.3 is 0 Å². The number of ether oxygens (including phenoxy) is 4. The van der Waals surface area contributed by atoms with Gasteiger partial charge in [-0.15, -0.1) is 10.2 Å². The Kier molecular flexibility index (Phi) is 7.95. The Bertz CT molecular complexity index is 950. The van der Waals surface area contributed by atoms with Gasteiger partial charge in [-0.3, -0.25) is 4.57 Å². The summed E-state index contributed by atoms with van der Waals surface area (Å²) >= 11 is 1.41. The van der Waals surface area contributed by atoms with Gasteiger partial charge in [0, 0.05) is 11.8 Å². The van der Waals surface area contributed by atoms with Gasteiger partial charge in [0.2, 0.25) is 0 Å². The van der Waals surface area contributed by atoms with E-state index < -0.39 is 6.10 Å². The molecule has 1 heterocycles. The van der Waals surface area contributed by atoms with Crippen LogP contribution in [0.3, 0.4) is 0 Å². The van der Waals surface area contributed by atoms with Crippen LogP contribution in [0.15, 0.2) is 53.9 Å². The van der Waals surface area contributed by atoms with Gasteiger partial charge < -0.3 is 24.1 Å². The monoisotopic (exact) mass is 431 g/mol. The van der Waals surface area contributed by atoms with Crippen molar-refractivity contribution < 1.29 is 24.1 Å². The molecule has 3 rings (SSSR count). The van der Waals surface area contributed by atoms with Crippen molar-refractivity contribution in [1.29, 1.82) is 0 Å². The first-order valence-electron chi connectivity index (χ1n) is 9.28. The lowest BCUT2D eigenvalue weighted by atomic mass is 10.2. The summed E-state index contributed by atoms with van der Waals surface area (Å²) in [5.74, 6) is 2.49. The summed E-state index contributed by atoms with van der Waals surface area (Å²) in [6, 6.07) is 13.2. The third-order valence-electron chi connectivity index (χ3n) is 4.28. The molecule has 0 spiro atoms. The molecular weight excluding hydrogens is 406 g/mol. The molecule has 1 unspecified atom stereocenters. The molecule has 0 bridgehead atoms. The van der Waals surface area contributed by atoms with E-state index in [1.165, 1.54) is 11.8 Å². The number of aliphatic hydroxyl groups excluding tert-OH is 1. The Morgan fingerprint density at radius 3 is 2.63 bits per heavy atom. The fourth-order valence-corrected chi connectivity index (χ4v) is 3.60. The molecule has 3 aromatic rings. The molecule has 160 valence electrons. The average Bonchev–Trinajstić information content (AvgIpc) is 3.26. The summed E-state index contributed by atoms with van der Waals surface area (Å²) in [4.78, 5) is 0. The van der Waals surface area contributed by atoms with Crippen LogP contribution in [-0.2, 0) is 11.3 Å². The third-order valence-corrected chi connectivity index (χ3v) is 5.37. The average molecular weight is 432 g/mol.